The summed E-state index contributed by atoms with van der Waals surface area (Å²) in [7, 11) is -5.02. The molecule has 0 spiro atoms. The van der Waals surface area contributed by atoms with Gasteiger partial charge in [-0.3, -0.25) is 9.97 Å². The first-order valence-corrected chi connectivity index (χ1v) is 31.2. The van der Waals surface area contributed by atoms with Crippen LogP contribution < -0.4 is 40.5 Å². The minimum absolute atomic E-state index is 0.0144. The predicted molar refractivity (Wildman–Crippen MR) is 323 cm³/mol. The van der Waals surface area contributed by atoms with E-state index in [4.69, 9.17) is 9.47 Å². The molecular formula is C62H62F6N10O6S2. The molecule has 4 aromatic carbocycles. The number of rotatable bonds is 18. The summed E-state index contributed by atoms with van der Waals surface area (Å²) in [5.41, 5.74) is 4.80. The van der Waals surface area contributed by atoms with Crippen molar-refractivity contribution >= 4 is 75.6 Å². The molecule has 16 nitrogen and oxygen atoms in total. The molecule has 2 fully saturated rings. The number of ether oxygens (including phenoxy) is 2. The van der Waals surface area contributed by atoms with Crippen molar-refractivity contribution in [3.63, 3.8) is 0 Å². The molecule has 0 radical (unpaired) electrons. The molecule has 10 rings (SSSR count). The van der Waals surface area contributed by atoms with Crippen LogP contribution in [0.4, 0.5) is 60.5 Å². The van der Waals surface area contributed by atoms with Gasteiger partial charge in [-0.05, 0) is 122 Å². The summed E-state index contributed by atoms with van der Waals surface area (Å²) in [6.07, 6.45) is 1.69. The first-order chi connectivity index (χ1) is 41.1. The van der Waals surface area contributed by atoms with E-state index in [9.17, 15) is 43.2 Å². The Morgan fingerprint density at radius 1 is 0.581 bits per heavy atom. The molecule has 0 bridgehead atoms. The van der Waals surface area contributed by atoms with Gasteiger partial charge in [-0.1, -0.05) is 24.0 Å². The van der Waals surface area contributed by atoms with Crippen molar-refractivity contribution in [2.45, 2.75) is 78.8 Å². The van der Waals surface area contributed by atoms with Gasteiger partial charge in [0.1, 0.15) is 24.6 Å². The Labute approximate surface area is 494 Å². The molecule has 0 amide bonds. The molecule has 2 aliphatic heterocycles. The van der Waals surface area contributed by atoms with Crippen LogP contribution in [-0.4, -0.2) is 120 Å². The lowest BCUT2D eigenvalue weighted by Gasteiger charge is -2.34. The number of nitrogens with one attached hydrogen (secondary N) is 4. The lowest BCUT2D eigenvalue weighted by molar-refractivity contribution is -0.140. The van der Waals surface area contributed by atoms with E-state index in [-0.39, 0.29) is 63.4 Å². The minimum Gasteiger partial charge on any atom is -0.495 e. The van der Waals surface area contributed by atoms with Gasteiger partial charge >= 0.3 is 12.4 Å². The quantitative estimate of drug-likeness (QED) is 0.0471. The van der Waals surface area contributed by atoms with Crippen LogP contribution in [0.5, 0.6) is 11.5 Å². The van der Waals surface area contributed by atoms with E-state index in [0.29, 0.717) is 70.5 Å². The molecule has 0 saturated carbocycles. The normalized spacial score (nSPS) is 14.5. The van der Waals surface area contributed by atoms with Crippen molar-refractivity contribution in [2.24, 2.45) is 0 Å². The zero-order valence-corrected chi connectivity index (χ0v) is 48.8. The van der Waals surface area contributed by atoms with Crippen molar-refractivity contribution in [1.29, 1.82) is 0 Å². The number of piperidine rings is 2. The van der Waals surface area contributed by atoms with Crippen molar-refractivity contribution in [3.05, 3.63) is 145 Å². The van der Waals surface area contributed by atoms with Gasteiger partial charge in [0.25, 0.3) is 0 Å². The number of aromatic nitrogens is 4. The van der Waals surface area contributed by atoms with Crippen LogP contribution in [0.3, 0.4) is 0 Å². The highest BCUT2D eigenvalue weighted by Gasteiger charge is 2.33. The highest BCUT2D eigenvalue weighted by molar-refractivity contribution is 7.91. The van der Waals surface area contributed by atoms with Gasteiger partial charge < -0.3 is 49.7 Å². The van der Waals surface area contributed by atoms with E-state index in [0.717, 1.165) is 52.7 Å². The molecule has 8 aromatic rings. The van der Waals surface area contributed by atoms with Gasteiger partial charge in [0.05, 0.1) is 100 Å². The topological polar surface area (TPSA) is 177 Å². The fraction of sp³-hybridized carbons (Fsp3) is 0.323. The lowest BCUT2D eigenvalue weighted by atomic mass is 10.0. The molecule has 0 aliphatic carbocycles. The second kappa shape index (κ2) is 25.5. The monoisotopic (exact) mass is 1220 g/mol. The maximum atomic E-state index is 14.6. The smallest absolute Gasteiger partial charge is 0.406 e. The van der Waals surface area contributed by atoms with Crippen molar-refractivity contribution in [2.75, 3.05) is 90.8 Å². The summed E-state index contributed by atoms with van der Waals surface area (Å²) in [6.45, 7) is 0.0433. The number of hydrogen-bond acceptors (Lipinski definition) is 14. The number of fused-ring (bicyclic) bond motifs is 2. The minimum atomic E-state index is -4.67. The molecule has 2 saturated heterocycles. The van der Waals surface area contributed by atoms with Crippen molar-refractivity contribution in [1.82, 2.24) is 19.1 Å². The number of benzene rings is 4. The van der Waals surface area contributed by atoms with Crippen LogP contribution >= 0.6 is 0 Å². The number of methoxy groups -OCH3 is 2. The van der Waals surface area contributed by atoms with E-state index in [1.54, 1.807) is 36.8 Å². The van der Waals surface area contributed by atoms with Crippen LogP contribution in [0, 0.1) is 23.7 Å². The van der Waals surface area contributed by atoms with E-state index >= 15 is 0 Å². The van der Waals surface area contributed by atoms with Crippen LogP contribution in [0.1, 0.15) is 42.6 Å². The summed E-state index contributed by atoms with van der Waals surface area (Å²) >= 11 is 0. The maximum Gasteiger partial charge on any atom is 0.406 e. The third kappa shape index (κ3) is 14.5. The van der Waals surface area contributed by atoms with Crippen molar-refractivity contribution < 1.29 is 52.7 Å². The number of alkyl halides is 6. The number of pyridine rings is 2. The van der Waals surface area contributed by atoms with Crippen LogP contribution in [0.2, 0.25) is 0 Å². The number of hydrogen-bond donors (Lipinski definition) is 4. The molecular weight excluding hydrogens is 1160 g/mol. The molecule has 0 atom stereocenters. The average molecular weight is 1220 g/mol. The van der Waals surface area contributed by atoms with Gasteiger partial charge in [0, 0.05) is 91.2 Å². The Kier molecular flexibility index (Phi) is 17.9. The molecule has 0 unspecified atom stereocenters. The fourth-order valence-electron chi connectivity index (χ4n) is 11.0. The van der Waals surface area contributed by atoms with E-state index in [1.165, 1.54) is 68.8 Å². The number of nitrogens with zero attached hydrogens (tertiary/aromatic N) is 6. The Balaban J connectivity index is 0.894. The molecule has 4 N–H and O–H groups in total. The second-order valence-electron chi connectivity index (χ2n) is 21.0. The summed E-state index contributed by atoms with van der Waals surface area (Å²) in [6, 6.07) is 27.4. The zero-order valence-electron chi connectivity index (χ0n) is 47.2. The third-order valence-corrected chi connectivity index (χ3v) is 17.9. The standard InChI is InChI=1S/C62H62F6N10O6S2/c1-83-58-35-49(85(3,79)80)16-18-54(58)71-28-8-10-46-34-52-57(78(46)41-62(66,67)68)20-15-42(60(52)74-44-23-31-76(32-24-44)48-12-6-26-70-38-48)39-86(81,82)50-17-19-55(59(36-50)84-2)72-27-7-9-45-33-51-53(13-4-14-56(51)77(45)40-61(63,64)65)73-43-21-29-75(30-22-43)47-11-5-25-69-37-47/h4-6,11-20,25-26,33-38,43-44,71-74H,21-24,27-32,39-41H2,1-3H3. The first-order valence-electron chi connectivity index (χ1n) is 27.6. The van der Waals surface area contributed by atoms with Crippen LogP contribution in [-0.2, 0) is 38.5 Å². The molecule has 86 heavy (non-hydrogen) atoms. The van der Waals surface area contributed by atoms with Crippen LogP contribution in [0.15, 0.2) is 138 Å². The summed E-state index contributed by atoms with van der Waals surface area (Å²) < 4.78 is 152. The second-order valence-corrected chi connectivity index (χ2v) is 25.0. The molecule has 24 heteroatoms. The summed E-state index contributed by atoms with van der Waals surface area (Å²) in [5, 5.41) is 14.2. The number of sulfone groups is 2. The van der Waals surface area contributed by atoms with Gasteiger partial charge in [-0.25, -0.2) is 16.8 Å². The van der Waals surface area contributed by atoms with E-state index in [1.807, 2.05) is 36.5 Å². The van der Waals surface area contributed by atoms with E-state index < -0.39 is 50.9 Å². The van der Waals surface area contributed by atoms with Crippen molar-refractivity contribution in [3.8, 4) is 35.2 Å². The molecule has 6 heterocycles. The van der Waals surface area contributed by atoms with Gasteiger partial charge in [0.2, 0.25) is 0 Å². The highest BCUT2D eigenvalue weighted by Crippen LogP contribution is 2.38. The average Bonchev–Trinajstić information content (AvgIpc) is 1.77. The zero-order chi connectivity index (χ0) is 60.8. The maximum absolute atomic E-state index is 14.6. The summed E-state index contributed by atoms with van der Waals surface area (Å²) in [4.78, 5) is 12.8. The fourth-order valence-corrected chi connectivity index (χ4v) is 13.0. The first kappa shape index (κ1) is 60.4. The molecule has 4 aromatic heterocycles. The Hall–Kier alpha value is -8.74. The SMILES string of the molecule is COc1cc(S(C)(=O)=O)ccc1NCC#Cc1cc2c(NC3CCN(c4cccnc4)CC3)c(CS(=O)(=O)c3ccc(NCC#Cc4cc5c(NC6CCN(c7cccnc7)CC6)cccc5n4CC(F)(F)F)c(OC)c3)ccc2n1CC(F)(F)F. The Bertz CT molecular complexity index is 4110. The number of halogens is 6. The largest absolute Gasteiger partial charge is 0.495 e. The van der Waals surface area contributed by atoms with Gasteiger partial charge in [-0.2, -0.15) is 26.3 Å². The lowest BCUT2D eigenvalue weighted by Crippen LogP contribution is -2.39. The van der Waals surface area contributed by atoms with Crippen LogP contribution in [0.25, 0.3) is 21.8 Å². The molecule has 2 aliphatic rings. The highest BCUT2D eigenvalue weighted by atomic mass is 32.2. The van der Waals surface area contributed by atoms with Gasteiger partial charge in [-0.15, -0.1) is 0 Å². The molecule has 450 valence electrons. The summed E-state index contributed by atoms with van der Waals surface area (Å²) in [5.74, 6) is 11.4. The Morgan fingerprint density at radius 2 is 1.08 bits per heavy atom. The Morgan fingerprint density at radius 3 is 1.58 bits per heavy atom. The van der Waals surface area contributed by atoms with E-state index in [2.05, 4.69) is 64.7 Å². The van der Waals surface area contributed by atoms with Gasteiger partial charge in [0.15, 0.2) is 19.7 Å². The number of anilines is 6. The third-order valence-electron chi connectivity index (χ3n) is 15.2. The predicted octanol–water partition coefficient (Wildman–Crippen LogP) is 11.0.